The zero-order valence-electron chi connectivity index (χ0n) is 11.5. The predicted molar refractivity (Wildman–Crippen MR) is 69.7 cm³/mol. The van der Waals surface area contributed by atoms with Crippen LogP contribution in [0.3, 0.4) is 0 Å². The Kier molecular flexibility index (Phi) is 6.37. The third-order valence-electron chi connectivity index (χ3n) is 3.80. The van der Waals surface area contributed by atoms with E-state index in [-0.39, 0.29) is 0 Å². The fourth-order valence-electron chi connectivity index (χ4n) is 2.74. The van der Waals surface area contributed by atoms with Crippen LogP contribution in [0.25, 0.3) is 0 Å². The van der Waals surface area contributed by atoms with Crippen molar-refractivity contribution >= 4 is 0 Å². The molecule has 0 amide bonds. The predicted octanol–water partition coefficient (Wildman–Crippen LogP) is 3.22. The number of nitrogens with one attached hydrogen (secondary N) is 1. The third kappa shape index (κ3) is 4.06. The largest absolute Gasteiger partial charge is 0.378 e. The maximum atomic E-state index is 6.03. The molecule has 0 aliphatic carbocycles. The first-order chi connectivity index (χ1) is 7.69. The van der Waals surface area contributed by atoms with E-state index in [0.29, 0.717) is 12.1 Å². The van der Waals surface area contributed by atoms with Gasteiger partial charge >= 0.3 is 0 Å². The Hall–Kier alpha value is -0.0800. The number of rotatable bonds is 6. The van der Waals surface area contributed by atoms with Gasteiger partial charge in [-0.2, -0.15) is 0 Å². The van der Waals surface area contributed by atoms with Gasteiger partial charge in [-0.1, -0.05) is 40.5 Å². The molecule has 1 heterocycles. The lowest BCUT2D eigenvalue weighted by Crippen LogP contribution is -2.42. The molecular formula is C14H29NO. The SMILES string of the molecule is CCC(CC)C1OCCCC1CNC(C)C. The van der Waals surface area contributed by atoms with Crippen LogP contribution in [0.2, 0.25) is 0 Å². The minimum absolute atomic E-state index is 0.495. The van der Waals surface area contributed by atoms with Crippen LogP contribution in [0.15, 0.2) is 0 Å². The third-order valence-corrected chi connectivity index (χ3v) is 3.80. The van der Waals surface area contributed by atoms with E-state index in [2.05, 4.69) is 33.0 Å². The fraction of sp³-hybridized carbons (Fsp3) is 1.00. The number of ether oxygens (including phenoxy) is 1. The average Bonchev–Trinajstić information content (AvgIpc) is 2.29. The molecule has 0 saturated carbocycles. The molecule has 1 fully saturated rings. The summed E-state index contributed by atoms with van der Waals surface area (Å²) in [4.78, 5) is 0. The molecule has 16 heavy (non-hydrogen) atoms. The van der Waals surface area contributed by atoms with Crippen molar-refractivity contribution in [3.05, 3.63) is 0 Å². The van der Waals surface area contributed by atoms with Gasteiger partial charge < -0.3 is 10.1 Å². The van der Waals surface area contributed by atoms with Crippen molar-refractivity contribution < 1.29 is 4.74 Å². The van der Waals surface area contributed by atoms with Crippen LogP contribution in [-0.2, 0) is 4.74 Å². The summed E-state index contributed by atoms with van der Waals surface area (Å²) in [7, 11) is 0. The maximum absolute atomic E-state index is 6.03. The van der Waals surface area contributed by atoms with Crippen molar-refractivity contribution in [1.29, 1.82) is 0 Å². The van der Waals surface area contributed by atoms with Gasteiger partial charge in [0.2, 0.25) is 0 Å². The van der Waals surface area contributed by atoms with Gasteiger partial charge in [-0.3, -0.25) is 0 Å². The van der Waals surface area contributed by atoms with Gasteiger partial charge in [0.1, 0.15) is 0 Å². The molecule has 0 bridgehead atoms. The smallest absolute Gasteiger partial charge is 0.0643 e. The van der Waals surface area contributed by atoms with E-state index in [0.717, 1.165) is 25.0 Å². The van der Waals surface area contributed by atoms with E-state index < -0.39 is 0 Å². The van der Waals surface area contributed by atoms with Crippen molar-refractivity contribution in [2.75, 3.05) is 13.2 Å². The van der Waals surface area contributed by atoms with Crippen LogP contribution in [0.1, 0.15) is 53.4 Å². The molecule has 0 radical (unpaired) electrons. The Labute approximate surface area is 101 Å². The normalized spacial score (nSPS) is 26.6. The molecule has 2 atom stereocenters. The van der Waals surface area contributed by atoms with Crippen LogP contribution in [0.4, 0.5) is 0 Å². The lowest BCUT2D eigenvalue weighted by molar-refractivity contribution is -0.0620. The Morgan fingerprint density at radius 3 is 2.50 bits per heavy atom. The first kappa shape index (κ1) is 14.0. The first-order valence-electron chi connectivity index (χ1n) is 7.04. The molecule has 0 aromatic carbocycles. The van der Waals surface area contributed by atoms with Crippen LogP contribution in [0, 0.1) is 11.8 Å². The van der Waals surface area contributed by atoms with Gasteiger partial charge in [-0.15, -0.1) is 0 Å². The second-order valence-electron chi connectivity index (χ2n) is 5.38. The van der Waals surface area contributed by atoms with Crippen molar-refractivity contribution in [3.8, 4) is 0 Å². The van der Waals surface area contributed by atoms with Crippen LogP contribution in [-0.4, -0.2) is 25.3 Å². The van der Waals surface area contributed by atoms with E-state index in [9.17, 15) is 0 Å². The Bertz CT molecular complexity index is 178. The van der Waals surface area contributed by atoms with Crippen molar-refractivity contribution in [3.63, 3.8) is 0 Å². The molecule has 2 heteroatoms. The summed E-state index contributed by atoms with van der Waals surface area (Å²) in [5.74, 6) is 1.47. The molecule has 1 saturated heterocycles. The molecular weight excluding hydrogens is 198 g/mol. The summed E-state index contributed by atoms with van der Waals surface area (Å²) in [6, 6.07) is 0.587. The Morgan fingerprint density at radius 2 is 1.94 bits per heavy atom. The lowest BCUT2D eigenvalue weighted by atomic mass is 9.83. The molecule has 1 aliphatic rings. The van der Waals surface area contributed by atoms with E-state index in [4.69, 9.17) is 4.74 Å². The second kappa shape index (κ2) is 7.29. The monoisotopic (exact) mass is 227 g/mol. The van der Waals surface area contributed by atoms with Gasteiger partial charge in [0.25, 0.3) is 0 Å². The van der Waals surface area contributed by atoms with E-state index in [1.807, 2.05) is 0 Å². The van der Waals surface area contributed by atoms with Crippen molar-refractivity contribution in [1.82, 2.24) is 5.32 Å². The maximum Gasteiger partial charge on any atom is 0.0643 e. The molecule has 0 aromatic rings. The molecule has 2 unspecified atom stereocenters. The quantitative estimate of drug-likeness (QED) is 0.752. The molecule has 1 rings (SSSR count). The summed E-state index contributed by atoms with van der Waals surface area (Å²) in [6.07, 6.45) is 5.57. The molecule has 0 aromatic heterocycles. The molecule has 1 aliphatic heterocycles. The number of hydrogen-bond acceptors (Lipinski definition) is 2. The second-order valence-corrected chi connectivity index (χ2v) is 5.38. The van der Waals surface area contributed by atoms with Gasteiger partial charge in [-0.05, 0) is 24.7 Å². The van der Waals surface area contributed by atoms with Crippen molar-refractivity contribution in [2.24, 2.45) is 11.8 Å². The highest BCUT2D eigenvalue weighted by Gasteiger charge is 2.30. The summed E-state index contributed by atoms with van der Waals surface area (Å²) in [5.41, 5.74) is 0. The average molecular weight is 227 g/mol. The summed E-state index contributed by atoms with van der Waals surface area (Å²) < 4.78 is 6.03. The van der Waals surface area contributed by atoms with E-state index in [1.54, 1.807) is 0 Å². The standard InChI is InChI=1S/C14H29NO/c1-5-12(6-2)14-13(8-7-9-16-14)10-15-11(3)4/h11-15H,5-10H2,1-4H3. The molecule has 0 spiro atoms. The highest BCUT2D eigenvalue weighted by atomic mass is 16.5. The van der Waals surface area contributed by atoms with Crippen LogP contribution in [0.5, 0.6) is 0 Å². The van der Waals surface area contributed by atoms with Crippen molar-refractivity contribution in [2.45, 2.75) is 65.5 Å². The fourth-order valence-corrected chi connectivity index (χ4v) is 2.74. The molecule has 1 N–H and O–H groups in total. The minimum atomic E-state index is 0.495. The van der Waals surface area contributed by atoms with Crippen LogP contribution < -0.4 is 5.32 Å². The van der Waals surface area contributed by atoms with E-state index in [1.165, 1.54) is 25.7 Å². The topological polar surface area (TPSA) is 21.3 Å². The summed E-state index contributed by atoms with van der Waals surface area (Å²) >= 11 is 0. The first-order valence-corrected chi connectivity index (χ1v) is 7.04. The summed E-state index contributed by atoms with van der Waals surface area (Å²) in [6.45, 7) is 11.1. The van der Waals surface area contributed by atoms with Gasteiger partial charge in [0.15, 0.2) is 0 Å². The lowest BCUT2D eigenvalue weighted by Gasteiger charge is -2.37. The van der Waals surface area contributed by atoms with Gasteiger partial charge in [0.05, 0.1) is 6.10 Å². The zero-order valence-corrected chi connectivity index (χ0v) is 11.5. The Balaban J connectivity index is 2.49. The number of hydrogen-bond donors (Lipinski definition) is 1. The van der Waals surface area contributed by atoms with Gasteiger partial charge in [-0.25, -0.2) is 0 Å². The Morgan fingerprint density at radius 1 is 1.25 bits per heavy atom. The highest BCUT2D eigenvalue weighted by molar-refractivity contribution is 4.81. The highest BCUT2D eigenvalue weighted by Crippen LogP contribution is 2.29. The molecule has 2 nitrogen and oxygen atoms in total. The van der Waals surface area contributed by atoms with Crippen LogP contribution >= 0.6 is 0 Å². The molecule has 96 valence electrons. The summed E-state index contributed by atoms with van der Waals surface area (Å²) in [5, 5.41) is 3.57. The van der Waals surface area contributed by atoms with E-state index >= 15 is 0 Å². The zero-order chi connectivity index (χ0) is 12.0. The minimum Gasteiger partial charge on any atom is -0.378 e. The van der Waals surface area contributed by atoms with Gasteiger partial charge in [0, 0.05) is 19.2 Å².